The van der Waals surface area contributed by atoms with E-state index < -0.39 is 11.6 Å². The van der Waals surface area contributed by atoms with E-state index in [0.29, 0.717) is 66.2 Å². The minimum absolute atomic E-state index is 0.0455. The molecule has 4 aliphatic rings. The monoisotopic (exact) mass is 680 g/mol. The number of carbonyl (C=O) groups is 2. The van der Waals surface area contributed by atoms with E-state index in [4.69, 9.17) is 9.47 Å². The Morgan fingerprint density at radius 3 is 2.68 bits per heavy atom. The molecule has 1 unspecified atom stereocenters. The zero-order chi connectivity index (χ0) is 34.7. The molecule has 3 fully saturated rings. The van der Waals surface area contributed by atoms with Crippen molar-refractivity contribution in [3.05, 3.63) is 105 Å². The second kappa shape index (κ2) is 14.6. The van der Waals surface area contributed by atoms with Gasteiger partial charge in [-0.2, -0.15) is 0 Å². The van der Waals surface area contributed by atoms with Crippen LogP contribution in [0.15, 0.2) is 77.6 Å². The molecule has 50 heavy (non-hydrogen) atoms. The standard InChI is InChI=1S/C39H44N4O7/c44-32-12-10-29(30-11-13-35(46)41-36(30)32)33(45)23-40-18-3-4-21-49-28-8-5-7-27(22-28)37(47)42-39(17-14-25-6-1-2-9-31(25)39)38(48)50-34-24-43-19-15-26(34)16-20-43/h1-2,5-13,22,26,33-34,40,44-45H,3-4,14-21,23-24H2,(H,41,46)(H,42,47)/t33-,34-,39?/m0/s1. The lowest BCUT2D eigenvalue weighted by Gasteiger charge is -2.45. The van der Waals surface area contributed by atoms with Crippen LogP contribution in [-0.2, 0) is 21.5 Å². The summed E-state index contributed by atoms with van der Waals surface area (Å²) in [6.45, 7) is 4.24. The molecule has 3 aliphatic heterocycles. The summed E-state index contributed by atoms with van der Waals surface area (Å²) in [7, 11) is 0. The highest BCUT2D eigenvalue weighted by Crippen LogP contribution is 2.40. The van der Waals surface area contributed by atoms with Crippen molar-refractivity contribution in [1.82, 2.24) is 20.5 Å². The highest BCUT2D eigenvalue weighted by atomic mass is 16.5. The van der Waals surface area contributed by atoms with Crippen molar-refractivity contribution in [2.75, 3.05) is 39.3 Å². The number of amides is 1. The van der Waals surface area contributed by atoms with Gasteiger partial charge in [0.15, 0.2) is 5.54 Å². The number of aliphatic hydroxyl groups excluding tert-OH is 1. The number of pyridine rings is 1. The third-order valence-electron chi connectivity index (χ3n) is 10.5. The minimum atomic E-state index is -1.24. The Morgan fingerprint density at radius 1 is 1.02 bits per heavy atom. The normalized spacial score (nSPS) is 22.9. The number of phenols is 1. The number of ether oxygens (including phenoxy) is 2. The molecule has 4 heterocycles. The lowest BCUT2D eigenvalue weighted by atomic mass is 9.85. The van der Waals surface area contributed by atoms with Crippen LogP contribution < -0.4 is 20.9 Å². The molecule has 0 spiro atoms. The van der Waals surface area contributed by atoms with Gasteiger partial charge in [-0.25, -0.2) is 4.79 Å². The molecule has 3 atom stereocenters. The number of hydrogen-bond donors (Lipinski definition) is 5. The molecule has 1 amide bonds. The SMILES string of the molecule is O=C(NC1(C(=O)O[C@H]2CN3CCC2CC3)CCc2ccccc21)c1cccc(OCCCCNC[C@H](O)c2ccc(O)c3[nH]c(=O)ccc23)c1. The summed E-state index contributed by atoms with van der Waals surface area (Å²) in [6, 6.07) is 20.9. The van der Waals surface area contributed by atoms with Crippen molar-refractivity contribution in [2.45, 2.75) is 56.3 Å². The largest absolute Gasteiger partial charge is 0.506 e. The predicted octanol–water partition coefficient (Wildman–Crippen LogP) is 3.92. The Hall–Kier alpha value is -4.71. The fourth-order valence-corrected chi connectivity index (χ4v) is 7.72. The van der Waals surface area contributed by atoms with Crippen LogP contribution in [0.25, 0.3) is 10.9 Å². The highest BCUT2D eigenvalue weighted by molar-refractivity contribution is 5.99. The number of H-pyrrole nitrogens is 1. The van der Waals surface area contributed by atoms with Crippen LogP contribution >= 0.6 is 0 Å². The maximum atomic E-state index is 14.0. The van der Waals surface area contributed by atoms with Crippen LogP contribution in [-0.4, -0.2) is 77.4 Å². The fraction of sp³-hybridized carbons (Fsp3) is 0.410. The number of unbranched alkanes of at least 4 members (excludes halogenated alkanes) is 1. The number of nitrogens with one attached hydrogen (secondary N) is 3. The molecule has 0 radical (unpaired) electrons. The van der Waals surface area contributed by atoms with E-state index in [-0.39, 0.29) is 29.3 Å². The van der Waals surface area contributed by atoms with Gasteiger partial charge in [0.25, 0.3) is 5.91 Å². The van der Waals surface area contributed by atoms with Crippen molar-refractivity contribution in [3.63, 3.8) is 0 Å². The third-order valence-corrected chi connectivity index (χ3v) is 10.5. The van der Waals surface area contributed by atoms with Gasteiger partial charge in [0.2, 0.25) is 5.56 Å². The summed E-state index contributed by atoms with van der Waals surface area (Å²) in [5, 5.41) is 27.8. The van der Waals surface area contributed by atoms with Crippen LogP contribution in [0.2, 0.25) is 0 Å². The lowest BCUT2D eigenvalue weighted by molar-refractivity contribution is -0.167. The first kappa shape index (κ1) is 33.8. The van der Waals surface area contributed by atoms with Gasteiger partial charge in [0, 0.05) is 30.1 Å². The quantitative estimate of drug-likeness (QED) is 0.105. The molecule has 11 heteroatoms. The first-order chi connectivity index (χ1) is 24.3. The van der Waals surface area contributed by atoms with Gasteiger partial charge in [-0.15, -0.1) is 0 Å². The molecule has 1 aromatic heterocycles. The number of hydrogen-bond acceptors (Lipinski definition) is 9. The van der Waals surface area contributed by atoms with E-state index in [1.807, 2.05) is 30.3 Å². The minimum Gasteiger partial charge on any atom is -0.506 e. The zero-order valence-corrected chi connectivity index (χ0v) is 28.0. The highest BCUT2D eigenvalue weighted by Gasteiger charge is 2.50. The summed E-state index contributed by atoms with van der Waals surface area (Å²) in [4.78, 5) is 44.4. The van der Waals surface area contributed by atoms with Crippen molar-refractivity contribution < 1.29 is 29.3 Å². The van der Waals surface area contributed by atoms with Gasteiger partial charge in [-0.1, -0.05) is 36.4 Å². The van der Waals surface area contributed by atoms with E-state index in [1.54, 1.807) is 30.3 Å². The number of fused-ring (bicyclic) bond motifs is 5. The van der Waals surface area contributed by atoms with Gasteiger partial charge < -0.3 is 35.3 Å². The Balaban J connectivity index is 0.915. The number of rotatable bonds is 13. The predicted molar refractivity (Wildman–Crippen MR) is 188 cm³/mol. The van der Waals surface area contributed by atoms with Crippen molar-refractivity contribution in [1.29, 1.82) is 0 Å². The molecular weight excluding hydrogens is 636 g/mol. The number of aromatic hydroxyl groups is 1. The molecular formula is C39H44N4O7. The Kier molecular flexibility index (Phi) is 9.89. The second-order valence-electron chi connectivity index (χ2n) is 13.7. The molecule has 262 valence electrons. The molecule has 4 aromatic rings. The smallest absolute Gasteiger partial charge is 0.336 e. The lowest BCUT2D eigenvalue weighted by Crippen LogP contribution is -2.56. The van der Waals surface area contributed by atoms with Gasteiger partial charge in [0.05, 0.1) is 18.2 Å². The number of carbonyl (C=O) groups excluding carboxylic acids is 2. The number of esters is 1. The maximum absolute atomic E-state index is 14.0. The summed E-state index contributed by atoms with van der Waals surface area (Å²) >= 11 is 0. The summed E-state index contributed by atoms with van der Waals surface area (Å²) < 4.78 is 12.2. The Morgan fingerprint density at radius 2 is 1.86 bits per heavy atom. The molecule has 11 nitrogen and oxygen atoms in total. The fourth-order valence-electron chi connectivity index (χ4n) is 7.72. The number of aromatic nitrogens is 1. The van der Waals surface area contributed by atoms with Gasteiger partial charge >= 0.3 is 5.97 Å². The van der Waals surface area contributed by atoms with E-state index in [1.165, 1.54) is 12.1 Å². The Labute approximate surface area is 290 Å². The first-order valence-corrected chi connectivity index (χ1v) is 17.6. The third kappa shape index (κ3) is 6.98. The number of aliphatic hydroxyl groups is 1. The average molecular weight is 681 g/mol. The molecule has 8 rings (SSSR count). The van der Waals surface area contributed by atoms with Crippen molar-refractivity contribution >= 4 is 22.8 Å². The average Bonchev–Trinajstić information content (AvgIpc) is 3.51. The summed E-state index contributed by atoms with van der Waals surface area (Å²) in [5.74, 6) is 0.152. The maximum Gasteiger partial charge on any atom is 0.336 e. The van der Waals surface area contributed by atoms with Crippen LogP contribution in [0.1, 0.15) is 65.3 Å². The molecule has 3 aromatic carbocycles. The molecule has 3 saturated heterocycles. The first-order valence-electron chi connectivity index (χ1n) is 17.6. The van der Waals surface area contributed by atoms with Gasteiger partial charge in [-0.3, -0.25) is 14.5 Å². The van der Waals surface area contributed by atoms with Gasteiger partial charge in [-0.05, 0) is 111 Å². The van der Waals surface area contributed by atoms with E-state index in [0.717, 1.165) is 56.4 Å². The van der Waals surface area contributed by atoms with E-state index >= 15 is 0 Å². The molecule has 1 aliphatic carbocycles. The summed E-state index contributed by atoms with van der Waals surface area (Å²) in [6.07, 6.45) is 3.75. The second-order valence-corrected chi connectivity index (χ2v) is 13.7. The molecule has 5 N–H and O–H groups in total. The Bertz CT molecular complexity index is 1920. The van der Waals surface area contributed by atoms with Crippen LogP contribution in [0.3, 0.4) is 0 Å². The summed E-state index contributed by atoms with van der Waals surface area (Å²) in [5.41, 5.74) is 1.61. The topological polar surface area (TPSA) is 153 Å². The number of benzene rings is 3. The number of nitrogens with zero attached hydrogens (tertiary/aromatic N) is 1. The van der Waals surface area contributed by atoms with Crippen LogP contribution in [0.5, 0.6) is 11.5 Å². The van der Waals surface area contributed by atoms with Crippen molar-refractivity contribution in [3.8, 4) is 11.5 Å². The molecule has 0 saturated carbocycles. The number of phenolic OH excluding ortho intramolecular Hbond substituents is 1. The van der Waals surface area contributed by atoms with Crippen molar-refractivity contribution in [2.24, 2.45) is 5.92 Å². The van der Waals surface area contributed by atoms with Crippen LogP contribution in [0.4, 0.5) is 0 Å². The van der Waals surface area contributed by atoms with E-state index in [2.05, 4.69) is 20.5 Å². The molecule has 2 bridgehead atoms. The van der Waals surface area contributed by atoms with Crippen LogP contribution in [0, 0.1) is 5.92 Å². The zero-order valence-electron chi connectivity index (χ0n) is 28.0. The number of aromatic amines is 1. The van der Waals surface area contributed by atoms with E-state index in [9.17, 15) is 24.6 Å². The number of aryl methyl sites for hydroxylation is 1. The van der Waals surface area contributed by atoms with Gasteiger partial charge in [0.1, 0.15) is 17.6 Å². The number of piperidine rings is 3.